The van der Waals surface area contributed by atoms with Crippen molar-refractivity contribution in [3.8, 4) is 0 Å². The first kappa shape index (κ1) is 11.8. The Morgan fingerprint density at radius 2 is 2.07 bits per heavy atom. The molecule has 84 valence electrons. The van der Waals surface area contributed by atoms with E-state index in [2.05, 4.69) is 26.1 Å². The molecule has 1 rings (SSSR count). The van der Waals surface area contributed by atoms with Gasteiger partial charge in [-0.25, -0.2) is 0 Å². The quantitative estimate of drug-likeness (QED) is 0.516. The smallest absolute Gasteiger partial charge is 0.139 e. The fourth-order valence-corrected chi connectivity index (χ4v) is 1.36. The van der Waals surface area contributed by atoms with Crippen LogP contribution in [0.1, 0.15) is 32.2 Å². The summed E-state index contributed by atoms with van der Waals surface area (Å²) in [5.41, 5.74) is 7.45. The van der Waals surface area contributed by atoms with Crippen molar-refractivity contribution in [3.63, 3.8) is 0 Å². The molecule has 0 aliphatic rings. The number of nitrogens with two attached hydrogens (primary N) is 1. The van der Waals surface area contributed by atoms with Crippen molar-refractivity contribution in [2.45, 2.75) is 32.9 Å². The first-order valence-electron chi connectivity index (χ1n) is 5.05. The van der Waals surface area contributed by atoms with E-state index >= 15 is 0 Å². The Hall–Kier alpha value is -1.29. The van der Waals surface area contributed by atoms with Crippen molar-refractivity contribution in [2.75, 3.05) is 0 Å². The number of amidine groups is 1. The van der Waals surface area contributed by atoms with Gasteiger partial charge in [0.15, 0.2) is 0 Å². The van der Waals surface area contributed by atoms with Gasteiger partial charge in [0.2, 0.25) is 0 Å². The number of nitrogen functional groups attached to an aromatic ring is 1. The van der Waals surface area contributed by atoms with Gasteiger partial charge in [0.25, 0.3) is 0 Å². The minimum atomic E-state index is 0.0979. The van der Waals surface area contributed by atoms with Gasteiger partial charge in [-0.05, 0) is 32.9 Å². The van der Waals surface area contributed by atoms with Crippen LogP contribution in [0.15, 0.2) is 12.1 Å². The van der Waals surface area contributed by atoms with Crippen LogP contribution < -0.4 is 11.1 Å². The molecule has 4 heteroatoms. The van der Waals surface area contributed by atoms with Crippen LogP contribution in [0.3, 0.4) is 0 Å². The second kappa shape index (κ2) is 4.06. The van der Waals surface area contributed by atoms with Crippen molar-refractivity contribution in [1.82, 2.24) is 9.88 Å². The summed E-state index contributed by atoms with van der Waals surface area (Å²) in [6.07, 6.45) is 0. The number of aromatic nitrogens is 1. The number of nitrogens with one attached hydrogen (secondary N) is 2. The molecule has 0 spiro atoms. The maximum absolute atomic E-state index is 7.38. The molecule has 4 N–H and O–H groups in total. The topological polar surface area (TPSA) is 66.8 Å². The lowest BCUT2D eigenvalue weighted by Crippen LogP contribution is -2.35. The summed E-state index contributed by atoms with van der Waals surface area (Å²) >= 11 is 0. The van der Waals surface area contributed by atoms with Gasteiger partial charge in [-0.3, -0.25) is 5.41 Å². The van der Waals surface area contributed by atoms with Gasteiger partial charge in [0, 0.05) is 24.8 Å². The zero-order valence-electron chi connectivity index (χ0n) is 9.89. The Morgan fingerprint density at radius 1 is 1.47 bits per heavy atom. The Morgan fingerprint density at radius 3 is 2.47 bits per heavy atom. The molecule has 0 aliphatic carbocycles. The molecule has 15 heavy (non-hydrogen) atoms. The fraction of sp³-hybridized carbons (Fsp3) is 0.545. The van der Waals surface area contributed by atoms with Crippen molar-refractivity contribution < 1.29 is 0 Å². The number of nitrogens with zero attached hydrogens (tertiary/aromatic N) is 1. The lowest BCUT2D eigenvalue weighted by molar-refractivity contribution is 0.418. The second-order valence-corrected chi connectivity index (χ2v) is 4.79. The largest absolute Gasteiger partial charge is 0.382 e. The summed E-state index contributed by atoms with van der Waals surface area (Å²) in [5.74, 6) is 0.111. The van der Waals surface area contributed by atoms with Crippen LogP contribution in [0.2, 0.25) is 0 Å². The van der Waals surface area contributed by atoms with E-state index < -0.39 is 0 Å². The number of rotatable bonds is 3. The first-order valence-corrected chi connectivity index (χ1v) is 5.05. The first-order chi connectivity index (χ1) is 6.81. The van der Waals surface area contributed by atoms with E-state index in [0.29, 0.717) is 0 Å². The SMILES string of the molecule is Cn1c(CNC(C)(C)C)ccc1C(=N)N. The third-order valence-corrected chi connectivity index (χ3v) is 2.30. The highest BCUT2D eigenvalue weighted by molar-refractivity contribution is 5.93. The molecule has 0 saturated carbocycles. The third kappa shape index (κ3) is 3.09. The van der Waals surface area contributed by atoms with Crippen LogP contribution in [0, 0.1) is 5.41 Å². The van der Waals surface area contributed by atoms with E-state index in [4.69, 9.17) is 11.1 Å². The Balaban J connectivity index is 2.75. The molecule has 4 nitrogen and oxygen atoms in total. The Bertz CT molecular complexity index is 357. The summed E-state index contributed by atoms with van der Waals surface area (Å²) in [5, 5.41) is 10.8. The lowest BCUT2D eigenvalue weighted by Gasteiger charge is -2.20. The van der Waals surface area contributed by atoms with Gasteiger partial charge < -0.3 is 15.6 Å². The van der Waals surface area contributed by atoms with E-state index in [1.165, 1.54) is 0 Å². The third-order valence-electron chi connectivity index (χ3n) is 2.30. The maximum Gasteiger partial charge on any atom is 0.139 e. The predicted octanol–water partition coefficient (Wildman–Crippen LogP) is 1.20. The molecule has 0 atom stereocenters. The average Bonchev–Trinajstić information content (AvgIpc) is 2.42. The molecule has 1 heterocycles. The standard InChI is InChI=1S/C11H20N4/c1-11(2,3)14-7-8-5-6-9(10(12)13)15(8)4/h5-6,14H,7H2,1-4H3,(H3,12,13). The van der Waals surface area contributed by atoms with Crippen molar-refractivity contribution in [1.29, 1.82) is 5.41 Å². The van der Waals surface area contributed by atoms with E-state index in [9.17, 15) is 0 Å². The Labute approximate surface area is 91.0 Å². The maximum atomic E-state index is 7.38. The van der Waals surface area contributed by atoms with Crippen molar-refractivity contribution in [3.05, 3.63) is 23.5 Å². The van der Waals surface area contributed by atoms with Crippen LogP contribution in [-0.2, 0) is 13.6 Å². The van der Waals surface area contributed by atoms with Crippen LogP contribution in [0.5, 0.6) is 0 Å². The van der Waals surface area contributed by atoms with Crippen LogP contribution in [0.25, 0.3) is 0 Å². The zero-order chi connectivity index (χ0) is 11.6. The molecule has 1 aromatic rings. The van der Waals surface area contributed by atoms with Gasteiger partial charge in [0.05, 0.1) is 5.69 Å². The minimum absolute atomic E-state index is 0.0979. The van der Waals surface area contributed by atoms with Crippen LogP contribution in [-0.4, -0.2) is 15.9 Å². The zero-order valence-corrected chi connectivity index (χ0v) is 9.89. The molecule has 0 aromatic carbocycles. The van der Waals surface area contributed by atoms with E-state index in [0.717, 1.165) is 17.9 Å². The molecule has 0 saturated heterocycles. The van der Waals surface area contributed by atoms with Gasteiger partial charge in [-0.2, -0.15) is 0 Å². The van der Waals surface area contributed by atoms with E-state index in [1.54, 1.807) is 0 Å². The van der Waals surface area contributed by atoms with E-state index in [-0.39, 0.29) is 11.4 Å². The summed E-state index contributed by atoms with van der Waals surface area (Å²) < 4.78 is 1.95. The minimum Gasteiger partial charge on any atom is -0.382 e. The summed E-state index contributed by atoms with van der Waals surface area (Å²) in [7, 11) is 1.93. The van der Waals surface area contributed by atoms with Gasteiger partial charge in [-0.1, -0.05) is 0 Å². The van der Waals surface area contributed by atoms with Gasteiger partial charge in [0.1, 0.15) is 5.84 Å². The molecule has 0 amide bonds. The summed E-state index contributed by atoms with van der Waals surface area (Å²) in [6.45, 7) is 7.17. The van der Waals surface area contributed by atoms with Crippen LogP contribution in [0.4, 0.5) is 0 Å². The monoisotopic (exact) mass is 208 g/mol. The highest BCUT2D eigenvalue weighted by atomic mass is 15.0. The van der Waals surface area contributed by atoms with E-state index in [1.807, 2.05) is 23.7 Å². The second-order valence-electron chi connectivity index (χ2n) is 4.79. The highest BCUT2D eigenvalue weighted by Crippen LogP contribution is 2.08. The lowest BCUT2D eigenvalue weighted by atomic mass is 10.1. The van der Waals surface area contributed by atoms with Crippen molar-refractivity contribution in [2.24, 2.45) is 12.8 Å². The molecular weight excluding hydrogens is 188 g/mol. The predicted molar refractivity (Wildman–Crippen MR) is 63.0 cm³/mol. The molecule has 0 aliphatic heterocycles. The summed E-state index contributed by atoms with van der Waals surface area (Å²) in [4.78, 5) is 0. The average molecular weight is 208 g/mol. The number of hydrogen-bond acceptors (Lipinski definition) is 2. The summed E-state index contributed by atoms with van der Waals surface area (Å²) in [6, 6.07) is 3.87. The molecule has 0 radical (unpaired) electrons. The normalized spacial score (nSPS) is 11.7. The van der Waals surface area contributed by atoms with Gasteiger partial charge >= 0.3 is 0 Å². The molecular formula is C11H20N4. The number of hydrogen-bond donors (Lipinski definition) is 3. The Kier molecular flexibility index (Phi) is 3.19. The molecule has 1 aromatic heterocycles. The fourth-order valence-electron chi connectivity index (χ4n) is 1.36. The molecule has 0 bridgehead atoms. The van der Waals surface area contributed by atoms with Crippen LogP contribution >= 0.6 is 0 Å². The highest BCUT2D eigenvalue weighted by Gasteiger charge is 2.11. The van der Waals surface area contributed by atoms with Gasteiger partial charge in [-0.15, -0.1) is 0 Å². The molecule has 0 fully saturated rings. The van der Waals surface area contributed by atoms with Crippen molar-refractivity contribution >= 4 is 5.84 Å². The molecule has 0 unspecified atom stereocenters.